The number of thiazole rings is 1. The number of methoxy groups -OCH3 is 1. The average Bonchev–Trinajstić information content (AvgIpc) is 3.74. The molecule has 3 amide bonds. The first kappa shape index (κ1) is 31.3. The van der Waals surface area contributed by atoms with Crippen LogP contribution in [0.15, 0.2) is 125 Å². The van der Waals surface area contributed by atoms with E-state index in [2.05, 4.69) is 25.9 Å². The third kappa shape index (κ3) is 7.78. The quantitative estimate of drug-likeness (QED) is 0.0847. The van der Waals surface area contributed by atoms with Gasteiger partial charge in [0.1, 0.15) is 11.4 Å². The predicted octanol–water partition coefficient (Wildman–Crippen LogP) is 7.44. The first-order valence-corrected chi connectivity index (χ1v) is 16.4. The van der Waals surface area contributed by atoms with Crippen LogP contribution in [0.3, 0.4) is 0 Å². The zero-order chi connectivity index (χ0) is 32.6. The van der Waals surface area contributed by atoms with Crippen molar-refractivity contribution in [2.75, 3.05) is 23.5 Å². The molecule has 0 atom stereocenters. The summed E-state index contributed by atoms with van der Waals surface area (Å²) in [6.07, 6.45) is 3.44. The monoisotopic (exact) mass is 659 g/mol. The van der Waals surface area contributed by atoms with E-state index < -0.39 is 11.8 Å². The van der Waals surface area contributed by atoms with Crippen LogP contribution >= 0.6 is 23.1 Å². The Kier molecular flexibility index (Phi) is 9.75. The Hall–Kier alpha value is -5.65. The number of nitrogens with one attached hydrogen (secondary N) is 4. The second kappa shape index (κ2) is 14.6. The lowest BCUT2D eigenvalue weighted by atomic mass is 10.1. The van der Waals surface area contributed by atoms with Crippen molar-refractivity contribution >= 4 is 68.6 Å². The lowest BCUT2D eigenvalue weighted by molar-refractivity contribution is -0.114. The van der Waals surface area contributed by atoms with E-state index in [9.17, 15) is 14.4 Å². The third-order valence-electron chi connectivity index (χ3n) is 7.05. The topological polar surface area (TPSA) is 125 Å². The lowest BCUT2D eigenvalue weighted by Crippen LogP contribution is -2.30. The van der Waals surface area contributed by atoms with Gasteiger partial charge in [0.25, 0.3) is 11.8 Å². The first-order chi connectivity index (χ1) is 23.0. The van der Waals surface area contributed by atoms with Crippen molar-refractivity contribution in [2.45, 2.75) is 4.90 Å². The number of rotatable bonds is 11. The number of anilines is 2. The number of nitrogens with zero attached hydrogens (tertiary/aromatic N) is 1. The van der Waals surface area contributed by atoms with Gasteiger partial charge in [-0.3, -0.25) is 14.4 Å². The van der Waals surface area contributed by atoms with E-state index in [0.717, 1.165) is 32.6 Å². The summed E-state index contributed by atoms with van der Waals surface area (Å²) in [7, 11) is 1.61. The predicted molar refractivity (Wildman–Crippen MR) is 189 cm³/mol. The van der Waals surface area contributed by atoms with Crippen LogP contribution in [-0.2, 0) is 9.59 Å². The number of aromatic nitrogens is 2. The minimum Gasteiger partial charge on any atom is -0.496 e. The van der Waals surface area contributed by atoms with E-state index in [1.807, 2.05) is 66.0 Å². The number of hydrogen-bond acceptors (Lipinski definition) is 7. The Morgan fingerprint density at radius 1 is 0.915 bits per heavy atom. The summed E-state index contributed by atoms with van der Waals surface area (Å²) < 4.78 is 5.42. The molecule has 4 N–H and O–H groups in total. The van der Waals surface area contributed by atoms with E-state index in [1.165, 1.54) is 23.1 Å². The minimum atomic E-state index is -0.492. The molecule has 9 nitrogen and oxygen atoms in total. The van der Waals surface area contributed by atoms with Crippen molar-refractivity contribution in [3.8, 4) is 17.0 Å². The fraction of sp³-hybridized carbons (Fsp3) is 0.0556. The molecule has 0 saturated carbocycles. The van der Waals surface area contributed by atoms with Gasteiger partial charge >= 0.3 is 0 Å². The van der Waals surface area contributed by atoms with Crippen LogP contribution < -0.4 is 20.7 Å². The summed E-state index contributed by atoms with van der Waals surface area (Å²) in [5.41, 5.74) is 4.25. The Labute approximate surface area is 279 Å². The van der Waals surface area contributed by atoms with Gasteiger partial charge in [-0.05, 0) is 54.6 Å². The van der Waals surface area contributed by atoms with Crippen molar-refractivity contribution in [3.63, 3.8) is 0 Å². The largest absolute Gasteiger partial charge is 0.496 e. The molecule has 0 fully saturated rings. The van der Waals surface area contributed by atoms with Gasteiger partial charge < -0.3 is 25.7 Å². The van der Waals surface area contributed by atoms with Crippen molar-refractivity contribution in [3.05, 3.63) is 132 Å². The van der Waals surface area contributed by atoms with Gasteiger partial charge in [0.15, 0.2) is 5.13 Å². The molecule has 0 saturated heterocycles. The maximum absolute atomic E-state index is 13.6. The number of benzene rings is 4. The van der Waals surface area contributed by atoms with Gasteiger partial charge in [0.05, 0.1) is 18.6 Å². The van der Waals surface area contributed by atoms with Crippen molar-refractivity contribution in [1.29, 1.82) is 0 Å². The molecular weight excluding hydrogens is 631 g/mol. The molecule has 0 aliphatic rings. The second-order valence-electron chi connectivity index (χ2n) is 10.2. The third-order valence-corrected chi connectivity index (χ3v) is 8.80. The van der Waals surface area contributed by atoms with Crippen LogP contribution in [-0.4, -0.2) is 40.6 Å². The second-order valence-corrected chi connectivity index (χ2v) is 12.1. The maximum atomic E-state index is 13.6. The number of carbonyl (C=O) groups is 3. The number of carbonyl (C=O) groups excluding carboxylic acids is 3. The van der Waals surface area contributed by atoms with Crippen LogP contribution in [0.1, 0.15) is 15.9 Å². The Bertz CT molecular complexity index is 2090. The van der Waals surface area contributed by atoms with E-state index >= 15 is 0 Å². The summed E-state index contributed by atoms with van der Waals surface area (Å²) in [6, 6.07) is 31.2. The molecule has 11 heteroatoms. The van der Waals surface area contributed by atoms with Gasteiger partial charge in [-0.25, -0.2) is 4.98 Å². The zero-order valence-electron chi connectivity index (χ0n) is 25.2. The number of para-hydroxylation sites is 2. The van der Waals surface area contributed by atoms with Crippen LogP contribution in [0.5, 0.6) is 5.75 Å². The summed E-state index contributed by atoms with van der Waals surface area (Å²) in [4.78, 5) is 47.9. The Morgan fingerprint density at radius 2 is 1.70 bits per heavy atom. The molecule has 0 aliphatic carbocycles. The molecule has 6 aromatic rings. The fourth-order valence-corrected chi connectivity index (χ4v) is 6.27. The maximum Gasteiger partial charge on any atom is 0.272 e. The highest BCUT2D eigenvalue weighted by Crippen LogP contribution is 2.32. The highest BCUT2D eigenvalue weighted by Gasteiger charge is 2.17. The average molecular weight is 660 g/mol. The number of ether oxygens (including phenoxy) is 1. The van der Waals surface area contributed by atoms with Gasteiger partial charge in [-0.2, -0.15) is 0 Å². The number of aromatic amines is 1. The first-order valence-electron chi connectivity index (χ1n) is 14.5. The van der Waals surface area contributed by atoms with Crippen molar-refractivity contribution in [2.24, 2.45) is 0 Å². The number of H-pyrrole nitrogens is 1. The Balaban J connectivity index is 1.12. The highest BCUT2D eigenvalue weighted by molar-refractivity contribution is 8.00. The number of fused-ring (bicyclic) bond motifs is 1. The fourth-order valence-electron chi connectivity index (χ4n) is 4.79. The molecule has 0 radical (unpaired) electrons. The molecule has 4 aromatic carbocycles. The van der Waals surface area contributed by atoms with E-state index in [-0.39, 0.29) is 17.4 Å². The smallest absolute Gasteiger partial charge is 0.272 e. The molecule has 6 rings (SSSR count). The standard InChI is InChI=1S/C36H29N5O4S2/c1-45-32-17-8-6-15-28(32)31-21-47-36(40-31)41-33(42)22-46-26-13-9-12-25(19-26)38-35(44)30(39-34(43)23-10-3-2-4-11-23)18-24-20-37-29-16-7-5-14-27(24)29/h2-21,37H,22H2,1H3,(H,38,44)(H,39,43)(H,40,41,42)/b30-18-. The summed E-state index contributed by atoms with van der Waals surface area (Å²) in [5.74, 6) is -0.262. The van der Waals surface area contributed by atoms with E-state index in [1.54, 1.807) is 61.8 Å². The summed E-state index contributed by atoms with van der Waals surface area (Å²) >= 11 is 2.66. The molecule has 0 aliphatic heterocycles. The zero-order valence-corrected chi connectivity index (χ0v) is 26.8. The van der Waals surface area contributed by atoms with Gasteiger partial charge in [0.2, 0.25) is 5.91 Å². The SMILES string of the molecule is COc1ccccc1-c1csc(NC(=O)CSc2cccc(NC(=O)/C(=C/c3c[nH]c4ccccc34)NC(=O)c3ccccc3)c2)n1. The van der Waals surface area contributed by atoms with Crippen LogP contribution in [0.2, 0.25) is 0 Å². The van der Waals surface area contributed by atoms with Gasteiger partial charge in [-0.15, -0.1) is 23.1 Å². The van der Waals surface area contributed by atoms with Crippen LogP contribution in [0.4, 0.5) is 10.8 Å². The number of hydrogen-bond donors (Lipinski definition) is 4. The van der Waals surface area contributed by atoms with Crippen molar-refractivity contribution in [1.82, 2.24) is 15.3 Å². The van der Waals surface area contributed by atoms with E-state index in [0.29, 0.717) is 22.1 Å². The highest BCUT2D eigenvalue weighted by atomic mass is 32.2. The van der Waals surface area contributed by atoms with Gasteiger partial charge in [-0.1, -0.05) is 54.6 Å². The Morgan fingerprint density at radius 3 is 2.55 bits per heavy atom. The molecule has 234 valence electrons. The van der Waals surface area contributed by atoms with Crippen molar-refractivity contribution < 1.29 is 19.1 Å². The van der Waals surface area contributed by atoms with E-state index in [4.69, 9.17) is 4.74 Å². The van der Waals surface area contributed by atoms with Crippen LogP contribution in [0, 0.1) is 0 Å². The summed E-state index contributed by atoms with van der Waals surface area (Å²) in [5, 5.41) is 11.8. The van der Waals surface area contributed by atoms with Crippen LogP contribution in [0.25, 0.3) is 28.2 Å². The molecule has 0 unspecified atom stereocenters. The van der Waals surface area contributed by atoms with Gasteiger partial charge in [0, 0.05) is 49.8 Å². The minimum absolute atomic E-state index is 0.0805. The summed E-state index contributed by atoms with van der Waals surface area (Å²) in [6.45, 7) is 0. The molecule has 47 heavy (non-hydrogen) atoms. The molecular formula is C36H29N5O4S2. The molecule has 0 spiro atoms. The number of amides is 3. The molecule has 0 bridgehead atoms. The number of thioether (sulfide) groups is 1. The molecule has 2 aromatic heterocycles. The lowest BCUT2D eigenvalue weighted by Gasteiger charge is -2.12. The normalized spacial score (nSPS) is 11.2. The molecule has 2 heterocycles.